The van der Waals surface area contributed by atoms with E-state index in [4.69, 9.17) is 14.9 Å². The molecule has 0 unspecified atom stereocenters. The number of aliphatic hydroxyl groups is 1. The summed E-state index contributed by atoms with van der Waals surface area (Å²) in [5.74, 6) is 7.75. The van der Waals surface area contributed by atoms with Crippen LogP contribution in [0.2, 0.25) is 0 Å². The van der Waals surface area contributed by atoms with E-state index in [9.17, 15) is 9.90 Å². The lowest BCUT2D eigenvalue weighted by Gasteiger charge is -2.35. The van der Waals surface area contributed by atoms with Crippen molar-refractivity contribution in [3.05, 3.63) is 71.9 Å². The number of hydrogen-bond acceptors (Lipinski definition) is 7. The van der Waals surface area contributed by atoms with Crippen molar-refractivity contribution in [2.45, 2.75) is 47.5 Å². The van der Waals surface area contributed by atoms with Crippen molar-refractivity contribution >= 4 is 17.4 Å². The van der Waals surface area contributed by atoms with E-state index in [1.54, 1.807) is 7.05 Å². The van der Waals surface area contributed by atoms with Crippen LogP contribution in [-0.2, 0) is 9.63 Å². The van der Waals surface area contributed by atoms with Crippen molar-refractivity contribution in [3.63, 3.8) is 0 Å². The second-order valence-corrected chi connectivity index (χ2v) is 13.9. The predicted molar refractivity (Wildman–Crippen MR) is 188 cm³/mol. The molecule has 0 spiro atoms. The molecule has 0 radical (unpaired) electrons. The maximum Gasteiger partial charge on any atom is 0.251 e. The molecule has 4 aromatic rings. The van der Waals surface area contributed by atoms with Gasteiger partial charge in [0.1, 0.15) is 5.82 Å². The van der Waals surface area contributed by atoms with E-state index in [0.29, 0.717) is 19.4 Å². The van der Waals surface area contributed by atoms with Gasteiger partial charge >= 0.3 is 0 Å². The number of carbonyl (C=O) groups is 1. The van der Waals surface area contributed by atoms with Crippen molar-refractivity contribution in [2.75, 3.05) is 58.4 Å². The van der Waals surface area contributed by atoms with Gasteiger partial charge < -0.3 is 10.0 Å². The molecule has 2 aromatic carbocycles. The fourth-order valence-electron chi connectivity index (χ4n) is 6.75. The predicted octanol–water partition coefficient (Wildman–Crippen LogP) is 5.69. The van der Waals surface area contributed by atoms with E-state index >= 15 is 0 Å². The van der Waals surface area contributed by atoms with Crippen molar-refractivity contribution in [1.29, 1.82) is 0 Å². The summed E-state index contributed by atoms with van der Waals surface area (Å²) >= 11 is 0. The number of aryl methyl sites for hydroxylation is 1. The minimum Gasteiger partial charge on any atom is -0.395 e. The standard InChI is InChI=1S/C38H48N6O3/c1-28-34(31-17-11-13-29(25-31)14-12-18-37(2,3)27-38(4,5)36(46)41(6)47-7)35-39-32(30-15-9-8-10-16-30)26-33(44(35)40-28)43-21-19-42(20-22-43)23-24-45/h8-11,13,15-17,25-26,45H,18-24,27H2,1-7H3. The summed E-state index contributed by atoms with van der Waals surface area (Å²) in [5, 5.41) is 15.8. The minimum atomic E-state index is -0.575. The molecule has 1 N–H and O–H groups in total. The number of carbonyl (C=O) groups excluding carboxylic acids is 1. The number of aliphatic hydroxyl groups excluding tert-OH is 1. The molecule has 0 aliphatic carbocycles. The molecule has 1 aliphatic heterocycles. The molecule has 1 aliphatic rings. The van der Waals surface area contributed by atoms with Crippen LogP contribution in [0, 0.1) is 29.6 Å². The Hall–Kier alpha value is -4.23. The second kappa shape index (κ2) is 14.3. The van der Waals surface area contributed by atoms with Gasteiger partial charge in [0.25, 0.3) is 5.91 Å². The van der Waals surface area contributed by atoms with Crippen LogP contribution in [0.15, 0.2) is 60.7 Å². The van der Waals surface area contributed by atoms with E-state index in [1.807, 2.05) is 55.6 Å². The average molecular weight is 637 g/mol. The van der Waals surface area contributed by atoms with E-state index in [2.05, 4.69) is 65.8 Å². The summed E-state index contributed by atoms with van der Waals surface area (Å²) in [6, 6.07) is 20.7. The molecule has 3 heterocycles. The molecule has 1 saturated heterocycles. The zero-order valence-corrected chi connectivity index (χ0v) is 28.9. The Balaban J connectivity index is 1.46. The highest BCUT2D eigenvalue weighted by molar-refractivity contribution is 5.83. The summed E-state index contributed by atoms with van der Waals surface area (Å²) in [6.07, 6.45) is 1.33. The van der Waals surface area contributed by atoms with Crippen molar-refractivity contribution in [1.82, 2.24) is 24.6 Å². The largest absolute Gasteiger partial charge is 0.395 e. The highest BCUT2D eigenvalue weighted by Gasteiger charge is 2.36. The van der Waals surface area contributed by atoms with Crippen molar-refractivity contribution < 1.29 is 14.7 Å². The smallest absolute Gasteiger partial charge is 0.251 e. The Morgan fingerprint density at radius 1 is 1.00 bits per heavy atom. The second-order valence-electron chi connectivity index (χ2n) is 13.9. The third-order valence-electron chi connectivity index (χ3n) is 8.94. The zero-order valence-electron chi connectivity index (χ0n) is 28.9. The van der Waals surface area contributed by atoms with Crippen LogP contribution in [-0.4, -0.2) is 89.1 Å². The average Bonchev–Trinajstić information content (AvgIpc) is 3.39. The number of hydrogen-bond donors (Lipinski definition) is 1. The van der Waals surface area contributed by atoms with Crippen LogP contribution in [0.5, 0.6) is 0 Å². The fraction of sp³-hybridized carbons (Fsp3) is 0.447. The number of piperazine rings is 1. The fourth-order valence-corrected chi connectivity index (χ4v) is 6.75. The molecule has 1 amide bonds. The lowest BCUT2D eigenvalue weighted by molar-refractivity contribution is -0.180. The SMILES string of the molecule is CON(C)C(=O)C(C)(C)CC(C)(C)CC#Cc1cccc(-c2c(C)nn3c(N4CCN(CCO)CC4)cc(-c4ccccc4)nc23)c1. The molecule has 1 fully saturated rings. The Labute approximate surface area is 279 Å². The molecule has 248 valence electrons. The van der Waals surface area contributed by atoms with Crippen LogP contribution in [0.4, 0.5) is 5.82 Å². The summed E-state index contributed by atoms with van der Waals surface area (Å²) in [5.41, 5.74) is 5.88. The first-order chi connectivity index (χ1) is 22.4. The summed E-state index contributed by atoms with van der Waals surface area (Å²) < 4.78 is 1.99. The maximum atomic E-state index is 12.8. The van der Waals surface area contributed by atoms with Crippen molar-refractivity contribution in [3.8, 4) is 34.2 Å². The number of β-amino-alcohol motifs (C(OH)–C–C–N with tert-alkyl or cyclic N) is 1. The lowest BCUT2D eigenvalue weighted by Crippen LogP contribution is -2.47. The zero-order chi connectivity index (χ0) is 33.8. The number of benzene rings is 2. The van der Waals surface area contributed by atoms with Gasteiger partial charge in [0.05, 0.1) is 25.1 Å². The highest BCUT2D eigenvalue weighted by Crippen LogP contribution is 2.37. The van der Waals surface area contributed by atoms with Gasteiger partial charge in [-0.05, 0) is 36.5 Å². The first kappa shape index (κ1) is 34.1. The summed E-state index contributed by atoms with van der Waals surface area (Å²) in [4.78, 5) is 27.8. The molecular weight excluding hydrogens is 588 g/mol. The lowest BCUT2D eigenvalue weighted by atomic mass is 9.73. The number of fused-ring (bicyclic) bond motifs is 1. The molecule has 9 nitrogen and oxygen atoms in total. The molecular formula is C38H48N6O3. The van der Waals surface area contributed by atoms with E-state index in [-0.39, 0.29) is 17.9 Å². The molecule has 0 atom stereocenters. The van der Waals surface area contributed by atoms with Crippen LogP contribution >= 0.6 is 0 Å². The molecule has 0 bridgehead atoms. The summed E-state index contributed by atoms with van der Waals surface area (Å²) in [7, 11) is 3.16. The van der Waals surface area contributed by atoms with Gasteiger partial charge in [-0.15, -0.1) is 0 Å². The van der Waals surface area contributed by atoms with E-state index in [0.717, 1.165) is 71.3 Å². The topological polar surface area (TPSA) is 86.4 Å². The highest BCUT2D eigenvalue weighted by atomic mass is 16.7. The van der Waals surface area contributed by atoms with Gasteiger partial charge in [0.2, 0.25) is 0 Å². The van der Waals surface area contributed by atoms with Crippen molar-refractivity contribution in [2.24, 2.45) is 10.8 Å². The first-order valence-electron chi connectivity index (χ1n) is 16.4. The van der Waals surface area contributed by atoms with Gasteiger partial charge in [-0.2, -0.15) is 9.61 Å². The number of amides is 1. The normalized spacial score (nSPS) is 14.3. The number of rotatable bonds is 10. The van der Waals surface area contributed by atoms with Crippen LogP contribution in [0.3, 0.4) is 0 Å². The van der Waals surface area contributed by atoms with Crippen LogP contribution in [0.1, 0.15) is 51.8 Å². The van der Waals surface area contributed by atoms with Gasteiger partial charge in [0, 0.05) is 74.4 Å². The number of nitrogens with zero attached hydrogens (tertiary/aromatic N) is 6. The van der Waals surface area contributed by atoms with Crippen LogP contribution < -0.4 is 4.90 Å². The molecule has 5 rings (SSSR count). The van der Waals surface area contributed by atoms with E-state index < -0.39 is 5.41 Å². The number of aromatic nitrogens is 3. The third-order valence-corrected chi connectivity index (χ3v) is 8.94. The third kappa shape index (κ3) is 7.84. The Kier molecular flexibility index (Phi) is 10.4. The Bertz CT molecular complexity index is 1760. The monoisotopic (exact) mass is 636 g/mol. The van der Waals surface area contributed by atoms with Crippen LogP contribution in [0.25, 0.3) is 28.0 Å². The van der Waals surface area contributed by atoms with E-state index in [1.165, 1.54) is 12.2 Å². The maximum absolute atomic E-state index is 12.8. The quantitative estimate of drug-likeness (QED) is 0.177. The molecule has 9 heteroatoms. The molecule has 47 heavy (non-hydrogen) atoms. The van der Waals surface area contributed by atoms with Gasteiger partial charge in [-0.1, -0.05) is 82.0 Å². The number of hydroxylamine groups is 2. The number of anilines is 1. The van der Waals surface area contributed by atoms with Gasteiger partial charge in [-0.3, -0.25) is 14.5 Å². The molecule has 2 aromatic heterocycles. The Morgan fingerprint density at radius 2 is 1.70 bits per heavy atom. The summed E-state index contributed by atoms with van der Waals surface area (Å²) in [6.45, 7) is 14.6. The Morgan fingerprint density at radius 3 is 2.38 bits per heavy atom. The first-order valence-corrected chi connectivity index (χ1v) is 16.4. The van der Waals surface area contributed by atoms with Gasteiger partial charge in [-0.25, -0.2) is 10.0 Å². The molecule has 0 saturated carbocycles. The minimum absolute atomic E-state index is 0.0475. The van der Waals surface area contributed by atoms with Gasteiger partial charge in [0.15, 0.2) is 5.65 Å².